The van der Waals surface area contributed by atoms with Crippen molar-refractivity contribution in [3.8, 4) is 0 Å². The highest BCUT2D eigenvalue weighted by atomic mass is 31.2. The lowest BCUT2D eigenvalue weighted by Crippen LogP contribution is -2.51. The van der Waals surface area contributed by atoms with Gasteiger partial charge in [0.15, 0.2) is 0 Å². The molecule has 0 aromatic heterocycles. The van der Waals surface area contributed by atoms with Crippen LogP contribution in [0.1, 0.15) is 36.8 Å². The van der Waals surface area contributed by atoms with Gasteiger partial charge in [0.1, 0.15) is 18.9 Å². The van der Waals surface area contributed by atoms with E-state index < -0.39 is 51.6 Å². The summed E-state index contributed by atoms with van der Waals surface area (Å²) >= 11 is 0. The van der Waals surface area contributed by atoms with E-state index in [1.807, 2.05) is 36.4 Å². The van der Waals surface area contributed by atoms with Crippen LogP contribution in [0.25, 0.3) is 0 Å². The van der Waals surface area contributed by atoms with E-state index in [-0.39, 0.29) is 44.7 Å². The summed E-state index contributed by atoms with van der Waals surface area (Å²) in [5, 5.41) is 19.0. The number of phosphoric acid groups is 1. The van der Waals surface area contributed by atoms with Gasteiger partial charge in [-0.25, -0.2) is 4.57 Å². The van der Waals surface area contributed by atoms with Crippen LogP contribution in [0.15, 0.2) is 60.7 Å². The number of carbonyl (C=O) groups is 5. The van der Waals surface area contributed by atoms with E-state index >= 15 is 0 Å². The molecule has 0 radical (unpaired) electrons. The zero-order valence-electron chi connectivity index (χ0n) is 26.7. The van der Waals surface area contributed by atoms with Crippen LogP contribution in [-0.4, -0.2) is 132 Å². The molecule has 3 N–H and O–H groups in total. The van der Waals surface area contributed by atoms with E-state index in [2.05, 4.69) is 24.3 Å². The molecule has 3 rings (SSSR count). The molecule has 0 saturated heterocycles. The lowest BCUT2D eigenvalue weighted by molar-refractivity contribution is -0.143. The molecule has 0 aliphatic heterocycles. The quantitative estimate of drug-likeness (QED) is 0.114. The highest BCUT2D eigenvalue weighted by Crippen LogP contribution is 2.51. The van der Waals surface area contributed by atoms with Crippen LogP contribution >= 0.6 is 7.82 Å². The summed E-state index contributed by atoms with van der Waals surface area (Å²) in [5.74, 6) is -2.67. The van der Waals surface area contributed by atoms with E-state index in [9.17, 15) is 43.6 Å². The summed E-state index contributed by atoms with van der Waals surface area (Å²) in [5.41, 5.74) is 1.97. The molecule has 0 bridgehead atoms. The van der Waals surface area contributed by atoms with Crippen molar-refractivity contribution in [1.29, 1.82) is 0 Å². The molecule has 2 aromatic rings. The fourth-order valence-electron chi connectivity index (χ4n) is 6.19. The van der Waals surface area contributed by atoms with Gasteiger partial charge < -0.3 is 29.5 Å². The van der Waals surface area contributed by atoms with E-state index in [4.69, 9.17) is 9.05 Å². The second kappa shape index (κ2) is 19.4. The summed E-state index contributed by atoms with van der Waals surface area (Å²) in [7, 11) is -4.71. The lowest BCUT2D eigenvalue weighted by Gasteiger charge is -2.41. The third-order valence-electron chi connectivity index (χ3n) is 8.54. The number of rotatable bonds is 23. The molecule has 2 aromatic carbocycles. The maximum Gasteiger partial charge on any atom is 0.472 e. The topological polar surface area (TPSA) is 191 Å². The molecule has 1 fully saturated rings. The largest absolute Gasteiger partial charge is 0.480 e. The predicted molar refractivity (Wildman–Crippen MR) is 174 cm³/mol. The minimum absolute atomic E-state index is 0.0334. The van der Waals surface area contributed by atoms with Crippen LogP contribution in [0.5, 0.6) is 0 Å². The van der Waals surface area contributed by atoms with Crippen LogP contribution < -0.4 is 0 Å². The number of carboxylic acid groups (broad SMARTS) is 2. The Morgan fingerprint density at radius 2 is 1.27 bits per heavy atom. The molecule has 0 heterocycles. The number of carbonyl (C=O) groups excluding carboxylic acids is 3. The summed E-state index contributed by atoms with van der Waals surface area (Å²) in [6.07, 6.45) is 3.43. The first-order valence-electron chi connectivity index (χ1n) is 15.7. The first-order valence-corrected chi connectivity index (χ1v) is 17.2. The fourth-order valence-corrected chi connectivity index (χ4v) is 7.20. The van der Waals surface area contributed by atoms with Gasteiger partial charge in [-0.2, -0.15) is 0 Å². The van der Waals surface area contributed by atoms with Crippen LogP contribution in [0.3, 0.4) is 0 Å². The zero-order valence-corrected chi connectivity index (χ0v) is 27.6. The normalized spacial score (nSPS) is 16.8. The molecule has 15 heteroatoms. The molecule has 262 valence electrons. The molecule has 2 unspecified atom stereocenters. The lowest BCUT2D eigenvalue weighted by atomic mass is 9.65. The Kier molecular flexibility index (Phi) is 15.7. The highest BCUT2D eigenvalue weighted by molar-refractivity contribution is 7.47. The number of carboxylic acids is 2. The van der Waals surface area contributed by atoms with E-state index in [1.165, 1.54) is 4.90 Å². The summed E-state index contributed by atoms with van der Waals surface area (Å²) in [6, 6.07) is 19.1. The first-order chi connectivity index (χ1) is 23.0. The molecule has 1 saturated carbocycles. The van der Waals surface area contributed by atoms with Crippen LogP contribution in [-0.2, 0) is 43.0 Å². The van der Waals surface area contributed by atoms with Gasteiger partial charge in [-0.15, -0.1) is 0 Å². The SMILES string of the molecule is O=CCN(CC=O)CCN(CC=O)CC(COP(=O)(O)OC1CCC(c2ccccc2)(c2ccccc2)CC1)N(CC(=O)O)CC(=O)O. The molecule has 1 aliphatic rings. The highest BCUT2D eigenvalue weighted by Gasteiger charge is 2.41. The van der Waals surface area contributed by atoms with Gasteiger partial charge in [0.25, 0.3) is 0 Å². The number of aliphatic carboxylic acids is 2. The molecule has 0 amide bonds. The first kappa shape index (κ1) is 38.8. The van der Waals surface area contributed by atoms with Crippen molar-refractivity contribution in [2.45, 2.75) is 43.2 Å². The van der Waals surface area contributed by atoms with Crippen molar-refractivity contribution in [1.82, 2.24) is 14.7 Å². The molecule has 0 spiro atoms. The third kappa shape index (κ3) is 12.1. The van der Waals surface area contributed by atoms with Crippen LogP contribution in [0.2, 0.25) is 0 Å². The maximum atomic E-state index is 13.2. The summed E-state index contributed by atoms with van der Waals surface area (Å²) in [4.78, 5) is 71.7. The standard InChI is InChI=1S/C33H44N3O11P/c37-20-17-34(18-21-38)15-16-35(19-22-39)23-29(36(24-31(40)41)25-32(42)43)26-46-48(44,45)47-30-11-13-33(14-12-30,27-7-3-1-4-8-27)28-9-5-2-6-10-28/h1-10,20-22,29-30H,11-19,23-26H2,(H,40,41)(H,42,43)(H,44,45). The molecular weight excluding hydrogens is 645 g/mol. The number of hydrogen-bond donors (Lipinski definition) is 3. The second-order valence-electron chi connectivity index (χ2n) is 11.7. The van der Waals surface area contributed by atoms with Crippen molar-refractivity contribution in [3.63, 3.8) is 0 Å². The van der Waals surface area contributed by atoms with Crippen molar-refractivity contribution in [2.75, 3.05) is 59.0 Å². The molecule has 48 heavy (non-hydrogen) atoms. The number of phosphoric ester groups is 1. The van der Waals surface area contributed by atoms with Gasteiger partial charge >= 0.3 is 19.8 Å². The van der Waals surface area contributed by atoms with Gasteiger partial charge in [-0.1, -0.05) is 60.7 Å². The smallest absolute Gasteiger partial charge is 0.472 e. The zero-order chi connectivity index (χ0) is 35.0. The van der Waals surface area contributed by atoms with Crippen molar-refractivity contribution < 1.29 is 52.7 Å². The van der Waals surface area contributed by atoms with Gasteiger partial charge in [0.2, 0.25) is 0 Å². The Morgan fingerprint density at radius 1 is 0.812 bits per heavy atom. The summed E-state index contributed by atoms with van der Waals surface area (Å²) in [6.45, 7) is -2.05. The molecule has 1 aliphatic carbocycles. The second-order valence-corrected chi connectivity index (χ2v) is 13.2. The Bertz CT molecular complexity index is 1310. The number of hydrogen-bond acceptors (Lipinski definition) is 11. The maximum absolute atomic E-state index is 13.2. The summed E-state index contributed by atoms with van der Waals surface area (Å²) < 4.78 is 24.2. The number of benzene rings is 2. The van der Waals surface area contributed by atoms with Crippen LogP contribution in [0, 0.1) is 0 Å². The van der Waals surface area contributed by atoms with E-state index in [1.54, 1.807) is 4.90 Å². The monoisotopic (exact) mass is 689 g/mol. The van der Waals surface area contributed by atoms with Gasteiger partial charge in [-0.05, 0) is 36.8 Å². The minimum Gasteiger partial charge on any atom is -0.480 e. The Hall–Kier alpha value is -3.62. The predicted octanol–water partition coefficient (Wildman–Crippen LogP) is 2.09. The molecule has 14 nitrogen and oxygen atoms in total. The van der Waals surface area contributed by atoms with Gasteiger partial charge in [0.05, 0.1) is 45.4 Å². The Labute approximate surface area is 279 Å². The Morgan fingerprint density at radius 3 is 1.73 bits per heavy atom. The van der Waals surface area contributed by atoms with E-state index in [0.717, 1.165) is 16.0 Å². The minimum atomic E-state index is -4.71. The number of aldehydes is 3. The van der Waals surface area contributed by atoms with Crippen LogP contribution in [0.4, 0.5) is 0 Å². The Balaban J connectivity index is 1.73. The molecule has 2 atom stereocenters. The average Bonchev–Trinajstić information content (AvgIpc) is 3.06. The third-order valence-corrected chi connectivity index (χ3v) is 9.58. The number of nitrogens with zero attached hydrogens (tertiary/aromatic N) is 3. The average molecular weight is 690 g/mol. The molecular formula is C33H44N3O11P. The van der Waals surface area contributed by atoms with Crippen molar-refractivity contribution in [3.05, 3.63) is 71.8 Å². The van der Waals surface area contributed by atoms with E-state index in [0.29, 0.717) is 44.5 Å². The fraction of sp³-hybridized carbons (Fsp3) is 0.485. The van der Waals surface area contributed by atoms with Crippen molar-refractivity contribution in [2.24, 2.45) is 0 Å². The van der Waals surface area contributed by atoms with Gasteiger partial charge in [-0.3, -0.25) is 33.3 Å². The van der Waals surface area contributed by atoms with Gasteiger partial charge in [0, 0.05) is 31.1 Å². The van der Waals surface area contributed by atoms with Crippen molar-refractivity contribution >= 4 is 38.6 Å².